The second-order valence-electron chi connectivity index (χ2n) is 7.14. The molecule has 3 aromatic rings. The van der Waals surface area contributed by atoms with Gasteiger partial charge in [0, 0.05) is 42.6 Å². The second-order valence-corrected chi connectivity index (χ2v) is 7.57. The Hall–Kier alpha value is -2.94. The maximum Gasteiger partial charge on any atom is 0.228 e. The number of hydrogen-bond donors (Lipinski definition) is 2. The van der Waals surface area contributed by atoms with Crippen molar-refractivity contribution in [3.05, 3.63) is 47.3 Å². The van der Waals surface area contributed by atoms with Crippen LogP contribution in [0, 0.1) is 0 Å². The number of aliphatic imine (C=N–C) groups is 1. The molecular formula is C20H25ClN8O. The summed E-state index contributed by atoms with van der Waals surface area (Å²) < 4.78 is 5.38. The molecule has 0 amide bonds. The van der Waals surface area contributed by atoms with E-state index in [4.69, 9.17) is 21.1 Å². The topological polar surface area (TPSA) is 108 Å². The lowest BCUT2D eigenvalue weighted by Gasteiger charge is -2.33. The van der Waals surface area contributed by atoms with Gasteiger partial charge in [0.05, 0.1) is 6.54 Å². The molecule has 0 radical (unpaired) electrons. The first-order chi connectivity index (χ1) is 14.7. The molecule has 0 bridgehead atoms. The third-order valence-corrected chi connectivity index (χ3v) is 5.36. The lowest BCUT2D eigenvalue weighted by atomic mass is 9.96. The maximum absolute atomic E-state index is 5.93. The monoisotopic (exact) mass is 428 g/mol. The Balaban J connectivity index is 1.33. The van der Waals surface area contributed by atoms with Gasteiger partial charge in [-0.2, -0.15) is 10.1 Å². The summed E-state index contributed by atoms with van der Waals surface area (Å²) in [6.45, 7) is 5.33. The van der Waals surface area contributed by atoms with Crippen molar-refractivity contribution in [2.75, 3.05) is 26.2 Å². The number of halogens is 1. The van der Waals surface area contributed by atoms with Crippen LogP contribution in [0.1, 0.15) is 37.4 Å². The van der Waals surface area contributed by atoms with Crippen LogP contribution < -0.4 is 5.32 Å². The fourth-order valence-electron chi connectivity index (χ4n) is 3.53. The van der Waals surface area contributed by atoms with Crippen LogP contribution in [0.4, 0.5) is 0 Å². The maximum atomic E-state index is 5.93. The van der Waals surface area contributed by atoms with Crippen LogP contribution in [-0.4, -0.2) is 62.4 Å². The first-order valence-electron chi connectivity index (χ1n) is 10.2. The number of likely N-dealkylation sites (tertiary alicyclic amines) is 1. The van der Waals surface area contributed by atoms with Gasteiger partial charge in [0.2, 0.25) is 11.7 Å². The van der Waals surface area contributed by atoms with Gasteiger partial charge in [0.1, 0.15) is 12.2 Å². The molecule has 0 unspecified atom stereocenters. The Kier molecular flexibility index (Phi) is 6.58. The van der Waals surface area contributed by atoms with Crippen molar-refractivity contribution in [2.45, 2.75) is 32.1 Å². The SMILES string of the molecule is CCNC(=NCCc1nc(-c2ccc(Cl)cc2)no1)N1CCC(c2ncn[nH]2)CC1. The van der Waals surface area contributed by atoms with E-state index < -0.39 is 0 Å². The predicted molar refractivity (Wildman–Crippen MR) is 114 cm³/mol. The molecule has 9 nitrogen and oxygen atoms in total. The quantitative estimate of drug-likeness (QED) is 0.459. The zero-order chi connectivity index (χ0) is 20.8. The van der Waals surface area contributed by atoms with Crippen LogP contribution in [0.2, 0.25) is 5.02 Å². The van der Waals surface area contributed by atoms with Crippen LogP contribution in [0.15, 0.2) is 40.1 Å². The van der Waals surface area contributed by atoms with Gasteiger partial charge in [-0.25, -0.2) is 4.98 Å². The average Bonchev–Trinajstić information content (AvgIpc) is 3.46. The Morgan fingerprint density at radius 3 is 2.80 bits per heavy atom. The number of nitrogens with one attached hydrogen (secondary N) is 2. The van der Waals surface area contributed by atoms with Crippen molar-refractivity contribution in [3.8, 4) is 11.4 Å². The Labute approximate surface area is 179 Å². The number of benzene rings is 1. The Morgan fingerprint density at radius 2 is 2.10 bits per heavy atom. The molecule has 0 saturated carbocycles. The van der Waals surface area contributed by atoms with Gasteiger partial charge >= 0.3 is 0 Å². The van der Waals surface area contributed by atoms with Crippen molar-refractivity contribution in [3.63, 3.8) is 0 Å². The number of piperidine rings is 1. The zero-order valence-electron chi connectivity index (χ0n) is 16.9. The number of H-pyrrole nitrogens is 1. The summed E-state index contributed by atoms with van der Waals surface area (Å²) in [5, 5.41) is 15.1. The van der Waals surface area contributed by atoms with Crippen molar-refractivity contribution < 1.29 is 4.52 Å². The van der Waals surface area contributed by atoms with Crippen LogP contribution >= 0.6 is 11.6 Å². The van der Waals surface area contributed by atoms with E-state index in [1.807, 2.05) is 24.3 Å². The molecule has 1 aromatic carbocycles. The van der Waals surface area contributed by atoms with E-state index >= 15 is 0 Å². The van der Waals surface area contributed by atoms with E-state index in [9.17, 15) is 0 Å². The molecule has 4 rings (SSSR count). The molecule has 0 atom stereocenters. The normalized spacial score (nSPS) is 15.5. The summed E-state index contributed by atoms with van der Waals surface area (Å²) in [5.41, 5.74) is 0.876. The van der Waals surface area contributed by atoms with E-state index in [2.05, 4.69) is 42.5 Å². The molecule has 3 heterocycles. The minimum absolute atomic E-state index is 0.427. The smallest absolute Gasteiger partial charge is 0.228 e. The summed E-state index contributed by atoms with van der Waals surface area (Å²) in [7, 11) is 0. The minimum atomic E-state index is 0.427. The summed E-state index contributed by atoms with van der Waals surface area (Å²) in [6.07, 6.45) is 4.20. The molecule has 30 heavy (non-hydrogen) atoms. The highest BCUT2D eigenvalue weighted by atomic mass is 35.5. The number of aromatic amines is 1. The van der Waals surface area contributed by atoms with Gasteiger partial charge in [0.15, 0.2) is 5.96 Å². The molecule has 1 aliphatic rings. The molecule has 0 spiro atoms. The van der Waals surface area contributed by atoms with Gasteiger partial charge in [0.25, 0.3) is 0 Å². The number of aromatic nitrogens is 5. The summed E-state index contributed by atoms with van der Waals surface area (Å²) in [6, 6.07) is 7.37. The third kappa shape index (κ3) is 4.96. The van der Waals surface area contributed by atoms with Crippen molar-refractivity contribution in [1.82, 2.24) is 35.5 Å². The van der Waals surface area contributed by atoms with E-state index in [0.717, 1.165) is 49.8 Å². The van der Waals surface area contributed by atoms with Crippen LogP contribution in [0.3, 0.4) is 0 Å². The second kappa shape index (κ2) is 9.71. The molecule has 2 aromatic heterocycles. The highest BCUT2D eigenvalue weighted by molar-refractivity contribution is 6.30. The Bertz CT molecular complexity index is 946. The van der Waals surface area contributed by atoms with Crippen molar-refractivity contribution in [1.29, 1.82) is 0 Å². The molecule has 1 fully saturated rings. The number of rotatable bonds is 6. The lowest BCUT2D eigenvalue weighted by Crippen LogP contribution is -2.45. The lowest BCUT2D eigenvalue weighted by molar-refractivity contribution is 0.298. The van der Waals surface area contributed by atoms with Gasteiger partial charge in [-0.05, 0) is 44.0 Å². The Morgan fingerprint density at radius 1 is 1.30 bits per heavy atom. The molecule has 158 valence electrons. The average molecular weight is 429 g/mol. The van der Waals surface area contributed by atoms with Crippen molar-refractivity contribution >= 4 is 17.6 Å². The van der Waals surface area contributed by atoms with E-state index in [1.54, 1.807) is 6.33 Å². The number of guanidine groups is 1. The standard InChI is InChI=1S/C20H25ClN8O/c1-2-22-20(29-11-8-15(9-12-29)18-24-13-25-27-18)23-10-7-17-26-19(28-30-17)14-3-5-16(21)6-4-14/h3-6,13,15H,2,7-12H2,1H3,(H,22,23)(H,24,25,27). The molecule has 1 saturated heterocycles. The van der Waals surface area contributed by atoms with Gasteiger partial charge < -0.3 is 14.7 Å². The summed E-state index contributed by atoms with van der Waals surface area (Å²) in [4.78, 5) is 15.8. The predicted octanol–water partition coefficient (Wildman–Crippen LogP) is 2.90. The highest BCUT2D eigenvalue weighted by Crippen LogP contribution is 2.25. The highest BCUT2D eigenvalue weighted by Gasteiger charge is 2.24. The van der Waals surface area contributed by atoms with Gasteiger partial charge in [-0.3, -0.25) is 10.1 Å². The van der Waals surface area contributed by atoms with Crippen LogP contribution in [-0.2, 0) is 6.42 Å². The molecule has 1 aliphatic heterocycles. The fourth-order valence-corrected chi connectivity index (χ4v) is 3.66. The van der Waals surface area contributed by atoms with E-state index in [0.29, 0.717) is 35.6 Å². The van der Waals surface area contributed by atoms with Gasteiger partial charge in [-0.15, -0.1) is 0 Å². The first kappa shape index (κ1) is 20.3. The largest absolute Gasteiger partial charge is 0.357 e. The molecule has 0 aliphatic carbocycles. The minimum Gasteiger partial charge on any atom is -0.357 e. The van der Waals surface area contributed by atoms with E-state index in [1.165, 1.54) is 0 Å². The third-order valence-electron chi connectivity index (χ3n) is 5.11. The van der Waals surface area contributed by atoms with Crippen molar-refractivity contribution in [2.24, 2.45) is 4.99 Å². The summed E-state index contributed by atoms with van der Waals surface area (Å²) >= 11 is 5.93. The van der Waals surface area contributed by atoms with Gasteiger partial charge in [-0.1, -0.05) is 16.8 Å². The zero-order valence-corrected chi connectivity index (χ0v) is 17.6. The number of nitrogens with zero attached hydrogens (tertiary/aromatic N) is 6. The first-order valence-corrected chi connectivity index (χ1v) is 10.6. The summed E-state index contributed by atoms with van der Waals surface area (Å²) in [5.74, 6) is 3.46. The van der Waals surface area contributed by atoms with Crippen LogP contribution in [0.25, 0.3) is 11.4 Å². The molecule has 2 N–H and O–H groups in total. The molecule has 10 heteroatoms. The van der Waals surface area contributed by atoms with Crippen LogP contribution in [0.5, 0.6) is 0 Å². The number of hydrogen-bond acceptors (Lipinski definition) is 6. The van der Waals surface area contributed by atoms with E-state index in [-0.39, 0.29) is 0 Å². The molecular weight excluding hydrogens is 404 g/mol. The fraction of sp³-hybridized carbons (Fsp3) is 0.450.